The Kier molecular flexibility index (Phi) is 7.32. The summed E-state index contributed by atoms with van der Waals surface area (Å²) in [5, 5.41) is 0. The number of rotatable bonds is 7. The van der Waals surface area contributed by atoms with Gasteiger partial charge in [0, 0.05) is 18.8 Å². The second-order valence-electron chi connectivity index (χ2n) is 3.08. The molecule has 1 atom stereocenters. The molecular formula is C11H19NO4S. The second-order valence-corrected chi connectivity index (χ2v) is 4.09. The van der Waals surface area contributed by atoms with Crippen molar-refractivity contribution in [2.45, 2.75) is 13.8 Å². The summed E-state index contributed by atoms with van der Waals surface area (Å²) in [6, 6.07) is 0. The van der Waals surface area contributed by atoms with Gasteiger partial charge in [-0.05, 0) is 19.9 Å². The fourth-order valence-corrected chi connectivity index (χ4v) is 1.32. The van der Waals surface area contributed by atoms with E-state index in [0.29, 0.717) is 23.8 Å². The summed E-state index contributed by atoms with van der Waals surface area (Å²) >= 11 is -2.06. The molecule has 17 heavy (non-hydrogen) atoms. The monoisotopic (exact) mass is 261 g/mol. The van der Waals surface area contributed by atoms with Gasteiger partial charge < -0.3 is 9.47 Å². The predicted octanol–water partition coefficient (Wildman–Crippen LogP) is 2.04. The molecule has 98 valence electrons. The summed E-state index contributed by atoms with van der Waals surface area (Å²) in [7, 11) is 3.00. The fourth-order valence-electron chi connectivity index (χ4n) is 1.02. The first-order chi connectivity index (χ1) is 7.97. The van der Waals surface area contributed by atoms with Gasteiger partial charge in [-0.15, -0.1) is 0 Å². The molecule has 1 N–H and O–H groups in total. The molecule has 5 nitrogen and oxygen atoms in total. The summed E-state index contributed by atoms with van der Waals surface area (Å²) in [5.41, 5.74) is 0.571. The molecule has 0 bridgehead atoms. The van der Waals surface area contributed by atoms with Crippen molar-refractivity contribution < 1.29 is 18.2 Å². The van der Waals surface area contributed by atoms with Crippen molar-refractivity contribution in [2.24, 2.45) is 0 Å². The van der Waals surface area contributed by atoms with Crippen molar-refractivity contribution in [1.29, 1.82) is 0 Å². The molecule has 0 radical (unpaired) electrons. The molecule has 0 aliphatic heterocycles. The maximum atomic E-state index is 10.9. The minimum Gasteiger partial charge on any atom is -0.493 e. The number of allylic oxidation sites excluding steroid dienone is 3. The molecule has 0 aliphatic carbocycles. The van der Waals surface area contributed by atoms with E-state index in [1.807, 2.05) is 6.92 Å². The topological polar surface area (TPSA) is 59.0 Å². The number of hydrogen-bond donors (Lipinski definition) is 1. The lowest BCUT2D eigenvalue weighted by molar-refractivity contribution is 0.205. The van der Waals surface area contributed by atoms with Crippen LogP contribution in [0.15, 0.2) is 35.9 Å². The van der Waals surface area contributed by atoms with E-state index in [1.165, 1.54) is 24.5 Å². The summed E-state index contributed by atoms with van der Waals surface area (Å²) in [6.07, 6.45) is 3.14. The quantitative estimate of drug-likeness (QED) is 0.433. The molecule has 0 amide bonds. The first-order valence-corrected chi connectivity index (χ1v) is 6.10. The third-order valence-electron chi connectivity index (χ3n) is 2.02. The Labute approximate surface area is 105 Å². The van der Waals surface area contributed by atoms with E-state index < -0.39 is 11.3 Å². The van der Waals surface area contributed by atoms with Crippen LogP contribution in [0, 0.1) is 0 Å². The molecule has 0 saturated heterocycles. The first kappa shape index (κ1) is 15.7. The van der Waals surface area contributed by atoms with Crippen LogP contribution in [0.4, 0.5) is 0 Å². The van der Waals surface area contributed by atoms with Gasteiger partial charge in [0.05, 0.1) is 13.7 Å². The molecule has 6 heteroatoms. The average Bonchev–Trinajstić information content (AvgIpc) is 2.31. The smallest absolute Gasteiger partial charge is 0.261 e. The fraction of sp³-hybridized carbons (Fsp3) is 0.455. The maximum Gasteiger partial charge on any atom is 0.261 e. The number of ether oxygens (including phenoxy) is 2. The average molecular weight is 261 g/mol. The van der Waals surface area contributed by atoms with Crippen LogP contribution in [0.25, 0.3) is 0 Å². The van der Waals surface area contributed by atoms with Crippen LogP contribution in [-0.2, 0) is 20.7 Å². The molecule has 0 spiro atoms. The van der Waals surface area contributed by atoms with Gasteiger partial charge in [-0.2, -0.15) is 0 Å². The third-order valence-corrected chi connectivity index (χ3v) is 2.78. The highest BCUT2D eigenvalue weighted by molar-refractivity contribution is 7.76. The third kappa shape index (κ3) is 5.06. The Hall–Kier alpha value is -1.27. The molecule has 0 aromatic heterocycles. The highest BCUT2D eigenvalue weighted by Gasteiger charge is 2.08. The van der Waals surface area contributed by atoms with Crippen LogP contribution in [-0.4, -0.2) is 33.8 Å². The van der Waals surface area contributed by atoms with Crippen LogP contribution >= 0.6 is 0 Å². The van der Waals surface area contributed by atoms with Gasteiger partial charge in [0.2, 0.25) is 0 Å². The Balaban J connectivity index is 5.20. The Morgan fingerprint density at radius 2 is 2.12 bits per heavy atom. The van der Waals surface area contributed by atoms with Crippen molar-refractivity contribution in [1.82, 2.24) is 4.31 Å². The molecule has 0 aliphatic rings. The van der Waals surface area contributed by atoms with Gasteiger partial charge in [-0.25, -0.2) is 4.21 Å². The molecule has 0 fully saturated rings. The van der Waals surface area contributed by atoms with Crippen LogP contribution in [0.1, 0.15) is 13.8 Å². The van der Waals surface area contributed by atoms with Gasteiger partial charge in [0.15, 0.2) is 11.5 Å². The lowest BCUT2D eigenvalue weighted by Crippen LogP contribution is -2.18. The van der Waals surface area contributed by atoms with Crippen molar-refractivity contribution in [2.75, 3.05) is 20.8 Å². The van der Waals surface area contributed by atoms with E-state index in [-0.39, 0.29) is 0 Å². The Morgan fingerprint density at radius 1 is 1.53 bits per heavy atom. The van der Waals surface area contributed by atoms with E-state index >= 15 is 0 Å². The largest absolute Gasteiger partial charge is 0.493 e. The molecule has 1 unspecified atom stereocenters. The zero-order valence-corrected chi connectivity index (χ0v) is 11.4. The van der Waals surface area contributed by atoms with Crippen molar-refractivity contribution in [3.05, 3.63) is 35.9 Å². The van der Waals surface area contributed by atoms with Crippen molar-refractivity contribution >= 4 is 11.3 Å². The molecule has 0 aromatic carbocycles. The van der Waals surface area contributed by atoms with Crippen LogP contribution in [0.3, 0.4) is 0 Å². The van der Waals surface area contributed by atoms with E-state index in [0.717, 1.165) is 0 Å². The number of nitrogens with zero attached hydrogens (tertiary/aromatic N) is 1. The van der Waals surface area contributed by atoms with E-state index in [1.54, 1.807) is 13.0 Å². The van der Waals surface area contributed by atoms with Crippen molar-refractivity contribution in [3.63, 3.8) is 0 Å². The number of methoxy groups -OCH3 is 1. The van der Waals surface area contributed by atoms with E-state index in [4.69, 9.17) is 14.0 Å². The zero-order chi connectivity index (χ0) is 13.4. The molecule has 0 heterocycles. The molecule has 0 rings (SSSR count). The van der Waals surface area contributed by atoms with E-state index in [9.17, 15) is 4.21 Å². The highest BCUT2D eigenvalue weighted by Crippen LogP contribution is 2.14. The zero-order valence-electron chi connectivity index (χ0n) is 10.6. The Morgan fingerprint density at radius 3 is 2.47 bits per heavy atom. The van der Waals surface area contributed by atoms with E-state index in [2.05, 4.69) is 6.58 Å². The van der Waals surface area contributed by atoms with Gasteiger partial charge in [0.1, 0.15) is 0 Å². The molecule has 0 saturated carbocycles. The SMILES string of the molecule is C=C/C(OCC)=C(\C=C(/C)N(C)S(=O)O)OC. The van der Waals surface area contributed by atoms with Gasteiger partial charge in [-0.1, -0.05) is 6.58 Å². The lowest BCUT2D eigenvalue weighted by atomic mass is 10.3. The standard InChI is InChI=1S/C11H19NO4S/c1-6-10(16-7-2)11(15-5)8-9(3)12(4)17(13)14/h6,8H,1,7H2,2-5H3,(H,13,14)/b9-8+,11-10-. The minimum atomic E-state index is -2.06. The van der Waals surface area contributed by atoms with Gasteiger partial charge in [-0.3, -0.25) is 8.86 Å². The predicted molar refractivity (Wildman–Crippen MR) is 68.1 cm³/mol. The maximum absolute atomic E-state index is 10.9. The molecule has 0 aromatic rings. The molecular weight excluding hydrogens is 242 g/mol. The minimum absolute atomic E-state index is 0.455. The summed E-state index contributed by atoms with van der Waals surface area (Å²) < 4.78 is 31.5. The van der Waals surface area contributed by atoms with Crippen LogP contribution in [0.2, 0.25) is 0 Å². The summed E-state index contributed by atoms with van der Waals surface area (Å²) in [6.45, 7) is 7.65. The second kappa shape index (κ2) is 7.92. The Bertz CT molecular complexity index is 349. The van der Waals surface area contributed by atoms with Crippen LogP contribution in [0.5, 0.6) is 0 Å². The van der Waals surface area contributed by atoms with Gasteiger partial charge in [0.25, 0.3) is 11.3 Å². The van der Waals surface area contributed by atoms with Crippen LogP contribution < -0.4 is 0 Å². The summed E-state index contributed by atoms with van der Waals surface area (Å²) in [5.74, 6) is 0.947. The normalized spacial score (nSPS) is 14.8. The first-order valence-electron chi connectivity index (χ1n) is 5.04. The summed E-state index contributed by atoms with van der Waals surface area (Å²) in [4.78, 5) is 0. The lowest BCUT2D eigenvalue weighted by Gasteiger charge is -2.15. The number of hydrogen-bond acceptors (Lipinski definition) is 3. The van der Waals surface area contributed by atoms with Gasteiger partial charge >= 0.3 is 0 Å². The highest BCUT2D eigenvalue weighted by atomic mass is 32.2. The van der Waals surface area contributed by atoms with Crippen molar-refractivity contribution in [3.8, 4) is 0 Å².